The number of anilines is 1. The van der Waals surface area contributed by atoms with Crippen molar-refractivity contribution >= 4 is 34.2 Å². The predicted molar refractivity (Wildman–Crippen MR) is 135 cm³/mol. The average Bonchev–Trinajstić information content (AvgIpc) is 3.24. The Labute approximate surface area is 199 Å². The van der Waals surface area contributed by atoms with Gasteiger partial charge in [-0.3, -0.25) is 9.69 Å². The molecule has 1 aromatic heterocycles. The Morgan fingerprint density at radius 3 is 2.82 bits per heavy atom. The zero-order valence-electron chi connectivity index (χ0n) is 19.5. The molecular formula is C26H31ClN4O2. The van der Waals surface area contributed by atoms with E-state index in [0.717, 1.165) is 48.0 Å². The highest BCUT2D eigenvalue weighted by Gasteiger charge is 2.28. The normalized spacial score (nSPS) is 16.3. The Kier molecular flexibility index (Phi) is 7.05. The van der Waals surface area contributed by atoms with E-state index in [9.17, 15) is 9.59 Å². The average molecular weight is 467 g/mol. The van der Waals surface area contributed by atoms with Gasteiger partial charge in [0.25, 0.3) is 5.56 Å². The summed E-state index contributed by atoms with van der Waals surface area (Å²) in [6.45, 7) is 8.97. The Morgan fingerprint density at radius 1 is 1.24 bits per heavy atom. The minimum atomic E-state index is -0.236. The van der Waals surface area contributed by atoms with Crippen LogP contribution < -0.4 is 10.9 Å². The number of aromatic amines is 1. The summed E-state index contributed by atoms with van der Waals surface area (Å²) in [5.41, 5.74) is 4.11. The number of carbonyl (C=O) groups excluding carboxylic acids is 1. The smallest absolute Gasteiger partial charge is 0.321 e. The number of pyridine rings is 1. The number of nitrogens with one attached hydrogen (secondary N) is 2. The van der Waals surface area contributed by atoms with Crippen LogP contribution in [0.4, 0.5) is 10.5 Å². The number of rotatable bonds is 6. The van der Waals surface area contributed by atoms with Crippen LogP contribution >= 0.6 is 11.6 Å². The Morgan fingerprint density at radius 2 is 2.06 bits per heavy atom. The summed E-state index contributed by atoms with van der Waals surface area (Å²) in [4.78, 5) is 33.5. The molecule has 1 aliphatic heterocycles. The van der Waals surface area contributed by atoms with Gasteiger partial charge in [-0.2, -0.15) is 0 Å². The molecule has 0 spiro atoms. The predicted octanol–water partition coefficient (Wildman–Crippen LogP) is 5.32. The number of hydrogen-bond acceptors (Lipinski definition) is 3. The van der Waals surface area contributed by atoms with Gasteiger partial charge in [0, 0.05) is 28.9 Å². The number of amides is 2. The number of urea groups is 1. The lowest BCUT2D eigenvalue weighted by Gasteiger charge is -2.30. The molecule has 0 unspecified atom stereocenters. The van der Waals surface area contributed by atoms with E-state index in [1.807, 2.05) is 32.0 Å². The van der Waals surface area contributed by atoms with Crippen LogP contribution in [0, 0.1) is 13.8 Å². The lowest BCUT2D eigenvalue weighted by atomic mass is 10.0. The molecule has 1 fully saturated rings. The first-order valence-corrected chi connectivity index (χ1v) is 11.9. The van der Waals surface area contributed by atoms with Crippen LogP contribution in [0.2, 0.25) is 5.02 Å². The lowest BCUT2D eigenvalue weighted by Crippen LogP contribution is -2.45. The van der Waals surface area contributed by atoms with Crippen molar-refractivity contribution in [2.75, 3.05) is 25.0 Å². The first kappa shape index (κ1) is 23.3. The van der Waals surface area contributed by atoms with Gasteiger partial charge < -0.3 is 15.2 Å². The fraction of sp³-hybridized carbons (Fsp3) is 0.385. The van der Waals surface area contributed by atoms with Gasteiger partial charge >= 0.3 is 6.03 Å². The van der Waals surface area contributed by atoms with E-state index in [2.05, 4.69) is 28.2 Å². The minimum Gasteiger partial charge on any atom is -0.321 e. The fourth-order valence-electron chi connectivity index (χ4n) is 4.65. The second-order valence-corrected chi connectivity index (χ2v) is 9.28. The van der Waals surface area contributed by atoms with Crippen molar-refractivity contribution in [1.82, 2.24) is 14.8 Å². The number of H-pyrrole nitrogens is 1. The number of likely N-dealkylation sites (tertiary alicyclic amines) is 1. The highest BCUT2D eigenvalue weighted by molar-refractivity contribution is 6.30. The Bertz CT molecular complexity index is 1220. The highest BCUT2D eigenvalue weighted by atomic mass is 35.5. The Balaban J connectivity index is 1.64. The molecule has 0 radical (unpaired) electrons. The quantitative estimate of drug-likeness (QED) is 0.516. The molecule has 0 saturated carbocycles. The minimum absolute atomic E-state index is 0.157. The van der Waals surface area contributed by atoms with E-state index in [4.69, 9.17) is 11.6 Å². The second-order valence-electron chi connectivity index (χ2n) is 8.84. The first-order valence-electron chi connectivity index (χ1n) is 11.5. The summed E-state index contributed by atoms with van der Waals surface area (Å²) in [5.74, 6) is 0. The maximum atomic E-state index is 13.3. The summed E-state index contributed by atoms with van der Waals surface area (Å²) >= 11 is 6.10. The second kappa shape index (κ2) is 9.98. The summed E-state index contributed by atoms with van der Waals surface area (Å²) in [5, 5.41) is 4.49. The molecule has 2 heterocycles. The molecule has 33 heavy (non-hydrogen) atoms. The number of hydrogen-bond donors (Lipinski definition) is 2. The molecule has 0 aliphatic carbocycles. The van der Waals surface area contributed by atoms with Crippen LogP contribution in [-0.4, -0.2) is 46.5 Å². The standard InChI is InChI=1S/C26H31ClN4O2/c1-4-30-12-6-9-23(30)16-31(26(33)28-22-8-5-7-21(27)14-22)15-20-13-19-11-10-17(2)18(3)24(19)29-25(20)32/h5,7-8,10-11,13-14,23H,4,6,9,12,15-16H2,1-3H3,(H,28,33)(H,29,32)/t23-/m1/s1. The molecule has 6 nitrogen and oxygen atoms in total. The van der Waals surface area contributed by atoms with Gasteiger partial charge in [0.1, 0.15) is 0 Å². The third-order valence-electron chi connectivity index (χ3n) is 6.69. The van der Waals surface area contributed by atoms with Gasteiger partial charge in [0.05, 0.1) is 12.1 Å². The van der Waals surface area contributed by atoms with E-state index >= 15 is 0 Å². The van der Waals surface area contributed by atoms with Crippen molar-refractivity contribution in [3.8, 4) is 0 Å². The number of fused-ring (bicyclic) bond motifs is 1. The molecule has 1 atom stereocenters. The van der Waals surface area contributed by atoms with Gasteiger partial charge in [-0.25, -0.2) is 4.79 Å². The van der Waals surface area contributed by atoms with Crippen LogP contribution in [0.25, 0.3) is 10.9 Å². The molecule has 0 bridgehead atoms. The molecule has 3 aromatic rings. The van der Waals surface area contributed by atoms with Crippen LogP contribution in [-0.2, 0) is 6.54 Å². The first-order chi connectivity index (χ1) is 15.9. The largest absolute Gasteiger partial charge is 0.322 e. The van der Waals surface area contributed by atoms with E-state index in [0.29, 0.717) is 22.8 Å². The highest BCUT2D eigenvalue weighted by Crippen LogP contribution is 2.22. The fourth-order valence-corrected chi connectivity index (χ4v) is 4.84. The number of halogens is 1. The third kappa shape index (κ3) is 5.23. The van der Waals surface area contributed by atoms with Gasteiger partial charge in [-0.05, 0) is 80.6 Å². The zero-order valence-corrected chi connectivity index (χ0v) is 20.2. The molecule has 2 aromatic carbocycles. The van der Waals surface area contributed by atoms with Crippen molar-refractivity contribution in [3.63, 3.8) is 0 Å². The van der Waals surface area contributed by atoms with Crippen LogP contribution in [0.1, 0.15) is 36.5 Å². The van der Waals surface area contributed by atoms with Crippen LogP contribution in [0.15, 0.2) is 47.3 Å². The maximum absolute atomic E-state index is 13.3. The van der Waals surface area contributed by atoms with Crippen molar-refractivity contribution in [2.45, 2.75) is 46.2 Å². The molecule has 7 heteroatoms. The van der Waals surface area contributed by atoms with Crippen LogP contribution in [0.5, 0.6) is 0 Å². The van der Waals surface area contributed by atoms with E-state index in [1.165, 1.54) is 0 Å². The van der Waals surface area contributed by atoms with E-state index in [1.54, 1.807) is 23.1 Å². The van der Waals surface area contributed by atoms with Crippen LogP contribution in [0.3, 0.4) is 0 Å². The van der Waals surface area contributed by atoms with Gasteiger partial charge in [0.15, 0.2) is 0 Å². The van der Waals surface area contributed by atoms with Crippen molar-refractivity contribution in [1.29, 1.82) is 0 Å². The summed E-state index contributed by atoms with van der Waals surface area (Å²) in [6, 6.07) is 13.1. The number of carbonyl (C=O) groups is 1. The van der Waals surface area contributed by atoms with Gasteiger partial charge in [-0.1, -0.05) is 36.7 Å². The molecule has 174 valence electrons. The maximum Gasteiger partial charge on any atom is 0.322 e. The number of nitrogens with zero attached hydrogens (tertiary/aromatic N) is 2. The molecule has 4 rings (SSSR count). The molecule has 1 saturated heterocycles. The number of likely N-dealkylation sites (N-methyl/N-ethyl adjacent to an activating group) is 1. The zero-order chi connectivity index (χ0) is 23.5. The third-order valence-corrected chi connectivity index (χ3v) is 6.92. The summed E-state index contributed by atoms with van der Waals surface area (Å²) in [7, 11) is 0. The lowest BCUT2D eigenvalue weighted by molar-refractivity contribution is 0.174. The molecule has 2 N–H and O–H groups in total. The van der Waals surface area contributed by atoms with Gasteiger partial charge in [-0.15, -0.1) is 0 Å². The summed E-state index contributed by atoms with van der Waals surface area (Å²) in [6.07, 6.45) is 2.17. The molecule has 2 amide bonds. The number of aromatic nitrogens is 1. The van der Waals surface area contributed by atoms with Crippen molar-refractivity contribution in [3.05, 3.63) is 74.5 Å². The monoisotopic (exact) mass is 466 g/mol. The number of aryl methyl sites for hydroxylation is 2. The number of benzene rings is 2. The SMILES string of the molecule is CCN1CCC[C@@H]1CN(Cc1cc2ccc(C)c(C)c2[nH]c1=O)C(=O)Nc1cccc(Cl)c1. The van der Waals surface area contributed by atoms with Crippen molar-refractivity contribution < 1.29 is 4.79 Å². The Hall–Kier alpha value is -2.83. The van der Waals surface area contributed by atoms with Gasteiger partial charge in [0.2, 0.25) is 0 Å². The molecule has 1 aliphatic rings. The topological polar surface area (TPSA) is 68.4 Å². The van der Waals surface area contributed by atoms with E-state index < -0.39 is 0 Å². The summed E-state index contributed by atoms with van der Waals surface area (Å²) < 4.78 is 0. The molecular weight excluding hydrogens is 436 g/mol. The van der Waals surface area contributed by atoms with Crippen molar-refractivity contribution in [2.24, 2.45) is 0 Å². The van der Waals surface area contributed by atoms with E-state index in [-0.39, 0.29) is 24.2 Å².